The largest absolute Gasteiger partial charge is 0.269 e. The van der Waals surface area contributed by atoms with Gasteiger partial charge in [0.15, 0.2) is 0 Å². The lowest BCUT2D eigenvalue weighted by Crippen LogP contribution is -2.36. The van der Waals surface area contributed by atoms with E-state index >= 15 is 0 Å². The van der Waals surface area contributed by atoms with Crippen molar-refractivity contribution < 1.29 is 8.42 Å². The summed E-state index contributed by atoms with van der Waals surface area (Å²) in [6.07, 6.45) is 4.59. The molecular formula is C19H21NO2S. The molecule has 120 valence electrons. The van der Waals surface area contributed by atoms with Crippen molar-refractivity contribution in [1.29, 1.82) is 0 Å². The van der Waals surface area contributed by atoms with Crippen molar-refractivity contribution in [3.8, 4) is 0 Å². The van der Waals surface area contributed by atoms with E-state index in [9.17, 15) is 8.42 Å². The highest BCUT2D eigenvalue weighted by Crippen LogP contribution is 2.51. The highest BCUT2D eigenvalue weighted by atomic mass is 32.2. The molecule has 0 amide bonds. The van der Waals surface area contributed by atoms with Gasteiger partial charge in [0.25, 0.3) is 0 Å². The third kappa shape index (κ3) is 2.45. The molecular weight excluding hydrogens is 306 g/mol. The molecule has 1 heterocycles. The van der Waals surface area contributed by atoms with Crippen LogP contribution in [0.5, 0.6) is 0 Å². The number of rotatable bonds is 3. The van der Waals surface area contributed by atoms with Crippen LogP contribution >= 0.6 is 0 Å². The quantitative estimate of drug-likeness (QED) is 0.859. The number of para-hydroxylation sites is 1. The van der Waals surface area contributed by atoms with Crippen LogP contribution < -0.4 is 4.31 Å². The van der Waals surface area contributed by atoms with Gasteiger partial charge in [-0.15, -0.1) is 0 Å². The maximum Gasteiger partial charge on any atom is 0.239 e. The summed E-state index contributed by atoms with van der Waals surface area (Å²) >= 11 is 0. The van der Waals surface area contributed by atoms with Crippen molar-refractivity contribution in [1.82, 2.24) is 0 Å². The van der Waals surface area contributed by atoms with E-state index in [2.05, 4.69) is 6.07 Å². The van der Waals surface area contributed by atoms with Crippen LogP contribution in [0.25, 0.3) is 0 Å². The number of anilines is 1. The minimum absolute atomic E-state index is 0.0420. The van der Waals surface area contributed by atoms with Crippen LogP contribution in [0.15, 0.2) is 54.6 Å². The summed E-state index contributed by atoms with van der Waals surface area (Å²) in [5.74, 6) is 0.0677. The SMILES string of the molecule is O=S(=O)(Cc1ccccc1)N1CC2(CCCC2)c2ccccc21. The molecule has 3 nitrogen and oxygen atoms in total. The van der Waals surface area contributed by atoms with Gasteiger partial charge in [-0.2, -0.15) is 0 Å². The summed E-state index contributed by atoms with van der Waals surface area (Å²) in [6, 6.07) is 17.5. The van der Waals surface area contributed by atoms with E-state index in [-0.39, 0.29) is 11.2 Å². The number of fused-ring (bicyclic) bond motifs is 2. The Morgan fingerprint density at radius 1 is 0.913 bits per heavy atom. The number of hydrogen-bond acceptors (Lipinski definition) is 2. The molecule has 0 radical (unpaired) electrons. The molecule has 1 saturated carbocycles. The van der Waals surface area contributed by atoms with E-state index in [4.69, 9.17) is 0 Å². The summed E-state index contributed by atoms with van der Waals surface area (Å²) in [4.78, 5) is 0. The Morgan fingerprint density at radius 3 is 2.30 bits per heavy atom. The first-order valence-electron chi connectivity index (χ1n) is 8.25. The van der Waals surface area contributed by atoms with Crippen molar-refractivity contribution in [3.05, 3.63) is 65.7 Å². The molecule has 1 spiro atoms. The predicted octanol–water partition coefficient (Wildman–Crippen LogP) is 3.85. The standard InChI is InChI=1S/C19H21NO2S/c21-23(22,14-16-8-2-1-3-9-16)20-15-19(12-6-7-13-19)17-10-4-5-11-18(17)20/h1-5,8-11H,6-7,12-15H2. The summed E-state index contributed by atoms with van der Waals surface area (Å²) in [5.41, 5.74) is 3.01. The number of benzene rings is 2. The van der Waals surface area contributed by atoms with Gasteiger partial charge in [0.1, 0.15) is 0 Å². The van der Waals surface area contributed by atoms with Crippen LogP contribution in [0.3, 0.4) is 0 Å². The van der Waals surface area contributed by atoms with Crippen molar-refractivity contribution >= 4 is 15.7 Å². The van der Waals surface area contributed by atoms with Gasteiger partial charge >= 0.3 is 0 Å². The highest BCUT2D eigenvalue weighted by Gasteiger charge is 2.47. The normalized spacial score (nSPS) is 19.2. The Balaban J connectivity index is 1.72. The molecule has 1 fully saturated rings. The fourth-order valence-electron chi connectivity index (χ4n) is 4.18. The maximum absolute atomic E-state index is 13.0. The van der Waals surface area contributed by atoms with E-state index in [1.807, 2.05) is 48.5 Å². The number of hydrogen-bond donors (Lipinski definition) is 0. The van der Waals surface area contributed by atoms with Crippen LogP contribution in [0.2, 0.25) is 0 Å². The van der Waals surface area contributed by atoms with E-state index < -0.39 is 10.0 Å². The zero-order chi connectivity index (χ0) is 15.9. The molecule has 0 bridgehead atoms. The summed E-state index contributed by atoms with van der Waals surface area (Å²) in [7, 11) is -3.36. The second-order valence-electron chi connectivity index (χ2n) is 6.75. The lowest BCUT2D eigenvalue weighted by molar-refractivity contribution is 0.477. The molecule has 2 aromatic carbocycles. The summed E-state index contributed by atoms with van der Waals surface area (Å²) in [5, 5.41) is 0. The minimum atomic E-state index is -3.36. The Hall–Kier alpha value is -1.81. The second kappa shape index (κ2) is 5.38. The molecule has 0 saturated heterocycles. The summed E-state index contributed by atoms with van der Waals surface area (Å²) < 4.78 is 27.7. The molecule has 4 rings (SSSR count). The monoisotopic (exact) mass is 327 g/mol. The van der Waals surface area contributed by atoms with Crippen LogP contribution in [-0.2, 0) is 21.2 Å². The molecule has 2 aliphatic rings. The van der Waals surface area contributed by atoms with E-state index in [0.717, 1.165) is 24.1 Å². The molecule has 23 heavy (non-hydrogen) atoms. The molecule has 0 aromatic heterocycles. The van der Waals surface area contributed by atoms with Crippen molar-refractivity contribution in [2.75, 3.05) is 10.8 Å². The zero-order valence-corrected chi connectivity index (χ0v) is 13.9. The molecule has 1 aliphatic heterocycles. The van der Waals surface area contributed by atoms with E-state index in [0.29, 0.717) is 6.54 Å². The maximum atomic E-state index is 13.0. The first-order chi connectivity index (χ1) is 11.1. The van der Waals surface area contributed by atoms with E-state index in [1.54, 1.807) is 4.31 Å². The molecule has 0 atom stereocenters. The Labute approximate surface area is 138 Å². The molecule has 0 N–H and O–H groups in total. The number of nitrogens with zero attached hydrogens (tertiary/aromatic N) is 1. The van der Waals surface area contributed by atoms with Crippen molar-refractivity contribution in [3.63, 3.8) is 0 Å². The smallest absolute Gasteiger partial charge is 0.239 e. The Kier molecular flexibility index (Phi) is 3.45. The van der Waals surface area contributed by atoms with Gasteiger partial charge in [-0.3, -0.25) is 4.31 Å². The van der Waals surface area contributed by atoms with E-state index in [1.165, 1.54) is 18.4 Å². The number of sulfonamides is 1. The second-order valence-corrected chi connectivity index (χ2v) is 8.65. The van der Waals surface area contributed by atoms with Gasteiger partial charge in [0.2, 0.25) is 10.0 Å². The first-order valence-corrected chi connectivity index (χ1v) is 9.86. The average molecular weight is 327 g/mol. The molecule has 1 aliphatic carbocycles. The Bertz CT molecular complexity index is 808. The van der Waals surface area contributed by atoms with Crippen molar-refractivity contribution in [2.24, 2.45) is 0 Å². The topological polar surface area (TPSA) is 37.4 Å². The van der Waals surface area contributed by atoms with Gasteiger partial charge in [0.05, 0.1) is 11.4 Å². The van der Waals surface area contributed by atoms with Gasteiger partial charge in [-0.05, 0) is 30.0 Å². The first kappa shape index (κ1) is 14.8. The third-order valence-corrected chi connectivity index (χ3v) is 6.97. The molecule has 4 heteroatoms. The van der Waals surface area contributed by atoms with Crippen LogP contribution in [0, 0.1) is 0 Å². The highest BCUT2D eigenvalue weighted by molar-refractivity contribution is 7.92. The van der Waals surface area contributed by atoms with Crippen LogP contribution in [-0.4, -0.2) is 15.0 Å². The van der Waals surface area contributed by atoms with Crippen LogP contribution in [0.4, 0.5) is 5.69 Å². The van der Waals surface area contributed by atoms with Gasteiger partial charge in [0, 0.05) is 12.0 Å². The van der Waals surface area contributed by atoms with Gasteiger partial charge < -0.3 is 0 Å². The van der Waals surface area contributed by atoms with Gasteiger partial charge in [-0.25, -0.2) is 8.42 Å². The van der Waals surface area contributed by atoms with Gasteiger partial charge in [-0.1, -0.05) is 61.4 Å². The lowest BCUT2D eigenvalue weighted by atomic mass is 9.81. The lowest BCUT2D eigenvalue weighted by Gasteiger charge is -2.25. The molecule has 2 aromatic rings. The molecule has 0 unspecified atom stereocenters. The fraction of sp³-hybridized carbons (Fsp3) is 0.368. The minimum Gasteiger partial charge on any atom is -0.269 e. The fourth-order valence-corrected chi connectivity index (χ4v) is 5.85. The van der Waals surface area contributed by atoms with Crippen molar-refractivity contribution in [2.45, 2.75) is 36.9 Å². The predicted molar refractivity (Wildman–Crippen MR) is 93.0 cm³/mol. The summed E-state index contributed by atoms with van der Waals surface area (Å²) in [6.45, 7) is 0.613. The average Bonchev–Trinajstić information content (AvgIpc) is 3.15. The zero-order valence-electron chi connectivity index (χ0n) is 13.1. The van der Waals surface area contributed by atoms with Crippen LogP contribution in [0.1, 0.15) is 36.8 Å². The third-order valence-electron chi connectivity index (χ3n) is 5.28. The Morgan fingerprint density at radius 2 is 1.57 bits per heavy atom.